The fourth-order valence-electron chi connectivity index (χ4n) is 2.50. The van der Waals surface area contributed by atoms with Crippen LogP contribution >= 0.6 is 0 Å². The quantitative estimate of drug-likeness (QED) is 0.247. The maximum atomic E-state index is 13.8. The second kappa shape index (κ2) is 10.0. The van der Waals surface area contributed by atoms with Crippen molar-refractivity contribution in [3.05, 3.63) is 65.9 Å². The molecule has 0 saturated heterocycles. The standard InChI is InChI=1S/C21H21F4N7/c1-13(2)9-27-19-18(22)12-28-20(31-19)32-29-11-16-6-7-17(10-26-16)30-15-5-3-4-14(8-15)21(23,24)25/h3-8,10-13,30H,9H2,1-2H3,(H2,27,28,31,32)/b29-11+. The van der Waals surface area contributed by atoms with Gasteiger partial charge in [-0.25, -0.2) is 14.8 Å². The molecule has 2 heterocycles. The Labute approximate surface area is 182 Å². The fraction of sp³-hybridized carbons (Fsp3) is 0.238. The summed E-state index contributed by atoms with van der Waals surface area (Å²) in [7, 11) is 0. The first-order chi connectivity index (χ1) is 15.2. The molecule has 11 heteroatoms. The molecule has 1 aromatic carbocycles. The van der Waals surface area contributed by atoms with Crippen LogP contribution in [0.5, 0.6) is 0 Å². The van der Waals surface area contributed by atoms with E-state index in [0.717, 1.165) is 18.3 Å². The lowest BCUT2D eigenvalue weighted by molar-refractivity contribution is -0.137. The summed E-state index contributed by atoms with van der Waals surface area (Å²) in [4.78, 5) is 12.0. The molecule has 168 valence electrons. The Morgan fingerprint density at radius 1 is 1.06 bits per heavy atom. The minimum Gasteiger partial charge on any atom is -0.367 e. The molecule has 0 spiro atoms. The van der Waals surface area contributed by atoms with Gasteiger partial charge in [0.1, 0.15) is 0 Å². The van der Waals surface area contributed by atoms with Crippen molar-refractivity contribution in [2.45, 2.75) is 20.0 Å². The van der Waals surface area contributed by atoms with E-state index < -0.39 is 17.6 Å². The van der Waals surface area contributed by atoms with Crippen LogP contribution in [0, 0.1) is 11.7 Å². The first kappa shape index (κ1) is 22.9. The minimum atomic E-state index is -4.41. The van der Waals surface area contributed by atoms with Crippen molar-refractivity contribution in [3.8, 4) is 0 Å². The molecule has 3 rings (SSSR count). The van der Waals surface area contributed by atoms with Crippen LogP contribution < -0.4 is 16.1 Å². The highest BCUT2D eigenvalue weighted by molar-refractivity contribution is 5.78. The summed E-state index contributed by atoms with van der Waals surface area (Å²) in [5.41, 5.74) is 3.14. The molecular formula is C21H21F4N7. The Morgan fingerprint density at radius 2 is 1.88 bits per heavy atom. The molecule has 0 saturated carbocycles. The van der Waals surface area contributed by atoms with Crippen molar-refractivity contribution in [1.82, 2.24) is 15.0 Å². The van der Waals surface area contributed by atoms with Gasteiger partial charge in [-0.2, -0.15) is 23.3 Å². The van der Waals surface area contributed by atoms with Gasteiger partial charge in [-0.05, 0) is 36.2 Å². The lowest BCUT2D eigenvalue weighted by Crippen LogP contribution is -2.12. The molecule has 0 aliphatic heterocycles. The van der Waals surface area contributed by atoms with Crippen LogP contribution in [0.4, 0.5) is 40.7 Å². The summed E-state index contributed by atoms with van der Waals surface area (Å²) in [5.74, 6) is -0.0621. The maximum absolute atomic E-state index is 13.8. The van der Waals surface area contributed by atoms with E-state index in [2.05, 4.69) is 36.1 Å². The first-order valence-electron chi connectivity index (χ1n) is 9.66. The van der Waals surface area contributed by atoms with Gasteiger partial charge in [0.2, 0.25) is 5.95 Å². The first-order valence-corrected chi connectivity index (χ1v) is 9.66. The zero-order chi connectivity index (χ0) is 23.1. The lowest BCUT2D eigenvalue weighted by Gasteiger charge is -2.10. The maximum Gasteiger partial charge on any atom is 0.416 e. The van der Waals surface area contributed by atoms with Crippen LogP contribution in [-0.2, 0) is 6.18 Å². The van der Waals surface area contributed by atoms with Crippen molar-refractivity contribution in [2.24, 2.45) is 11.0 Å². The van der Waals surface area contributed by atoms with Gasteiger partial charge in [-0.3, -0.25) is 4.98 Å². The van der Waals surface area contributed by atoms with Crippen LogP contribution in [0.25, 0.3) is 0 Å². The van der Waals surface area contributed by atoms with Crippen molar-refractivity contribution in [1.29, 1.82) is 0 Å². The van der Waals surface area contributed by atoms with E-state index in [4.69, 9.17) is 0 Å². The molecule has 3 aromatic rings. The number of hydrazone groups is 1. The van der Waals surface area contributed by atoms with Gasteiger partial charge in [-0.15, -0.1) is 0 Å². The summed E-state index contributed by atoms with van der Waals surface area (Å²) in [6.07, 6.45) is -0.505. The molecule has 32 heavy (non-hydrogen) atoms. The normalized spacial score (nSPS) is 11.7. The van der Waals surface area contributed by atoms with Gasteiger partial charge >= 0.3 is 6.18 Å². The van der Waals surface area contributed by atoms with Gasteiger partial charge in [0.25, 0.3) is 0 Å². The van der Waals surface area contributed by atoms with Crippen LogP contribution in [0.3, 0.4) is 0 Å². The Hall–Kier alpha value is -3.76. The average Bonchev–Trinajstić information content (AvgIpc) is 2.75. The van der Waals surface area contributed by atoms with E-state index in [0.29, 0.717) is 29.5 Å². The van der Waals surface area contributed by atoms with Gasteiger partial charge in [0, 0.05) is 12.2 Å². The molecule has 0 aliphatic carbocycles. The zero-order valence-corrected chi connectivity index (χ0v) is 17.3. The molecule has 0 aliphatic rings. The molecular weight excluding hydrogens is 426 g/mol. The summed E-state index contributed by atoms with van der Waals surface area (Å²) in [6.45, 7) is 4.54. The predicted octanol–water partition coefficient (Wildman–Crippen LogP) is 5.29. The number of nitrogens with zero attached hydrogens (tertiary/aromatic N) is 4. The van der Waals surface area contributed by atoms with Crippen molar-refractivity contribution in [3.63, 3.8) is 0 Å². The SMILES string of the molecule is CC(C)CNc1nc(N/N=C/c2ccc(Nc3cccc(C(F)(F)F)c3)cn2)ncc1F. The molecule has 0 fully saturated rings. The van der Waals surface area contributed by atoms with E-state index >= 15 is 0 Å². The smallest absolute Gasteiger partial charge is 0.367 e. The Kier molecular flexibility index (Phi) is 7.18. The van der Waals surface area contributed by atoms with E-state index in [1.807, 2.05) is 13.8 Å². The van der Waals surface area contributed by atoms with Gasteiger partial charge < -0.3 is 10.6 Å². The number of pyridine rings is 1. The number of alkyl halides is 3. The van der Waals surface area contributed by atoms with E-state index in [-0.39, 0.29) is 11.8 Å². The fourth-order valence-corrected chi connectivity index (χ4v) is 2.50. The molecule has 2 aromatic heterocycles. The second-order valence-corrected chi connectivity index (χ2v) is 7.21. The van der Waals surface area contributed by atoms with Crippen molar-refractivity contribution >= 4 is 29.4 Å². The third-order valence-electron chi connectivity index (χ3n) is 4.05. The van der Waals surface area contributed by atoms with Gasteiger partial charge in [0.15, 0.2) is 11.6 Å². The van der Waals surface area contributed by atoms with Crippen molar-refractivity contribution < 1.29 is 17.6 Å². The Balaban J connectivity index is 1.60. The minimum absolute atomic E-state index is 0.0783. The summed E-state index contributed by atoms with van der Waals surface area (Å²) in [6, 6.07) is 8.16. The average molecular weight is 447 g/mol. The molecule has 0 unspecified atom stereocenters. The number of rotatable bonds is 8. The number of hydrogen-bond donors (Lipinski definition) is 3. The number of anilines is 4. The van der Waals surface area contributed by atoms with E-state index in [1.165, 1.54) is 24.5 Å². The molecule has 0 bridgehead atoms. The van der Waals surface area contributed by atoms with Crippen LogP contribution in [0.15, 0.2) is 53.9 Å². The summed E-state index contributed by atoms with van der Waals surface area (Å²) >= 11 is 0. The van der Waals surface area contributed by atoms with Gasteiger partial charge in [-0.1, -0.05) is 19.9 Å². The van der Waals surface area contributed by atoms with Gasteiger partial charge in [0.05, 0.1) is 35.6 Å². The number of nitrogens with one attached hydrogen (secondary N) is 3. The number of aromatic nitrogens is 3. The molecule has 0 atom stereocenters. The molecule has 0 amide bonds. The molecule has 7 nitrogen and oxygen atoms in total. The Morgan fingerprint density at radius 3 is 2.56 bits per heavy atom. The van der Waals surface area contributed by atoms with Crippen molar-refractivity contribution in [2.75, 3.05) is 22.6 Å². The summed E-state index contributed by atoms with van der Waals surface area (Å²) in [5, 5.41) is 9.74. The highest BCUT2D eigenvalue weighted by Gasteiger charge is 2.30. The highest BCUT2D eigenvalue weighted by Crippen LogP contribution is 2.31. The zero-order valence-electron chi connectivity index (χ0n) is 17.3. The van der Waals surface area contributed by atoms with E-state index in [9.17, 15) is 17.6 Å². The Bertz CT molecular complexity index is 1070. The topological polar surface area (TPSA) is 87.1 Å². The largest absolute Gasteiger partial charge is 0.416 e. The number of halogens is 4. The van der Waals surface area contributed by atoms with Crippen LogP contribution in [0.2, 0.25) is 0 Å². The number of benzene rings is 1. The molecule has 3 N–H and O–H groups in total. The monoisotopic (exact) mass is 447 g/mol. The second-order valence-electron chi connectivity index (χ2n) is 7.21. The lowest BCUT2D eigenvalue weighted by atomic mass is 10.2. The van der Waals surface area contributed by atoms with Crippen LogP contribution in [-0.4, -0.2) is 27.7 Å². The van der Waals surface area contributed by atoms with E-state index in [1.54, 1.807) is 12.1 Å². The highest BCUT2D eigenvalue weighted by atomic mass is 19.4. The predicted molar refractivity (Wildman–Crippen MR) is 115 cm³/mol. The third kappa shape index (κ3) is 6.62. The molecule has 0 radical (unpaired) electrons. The van der Waals surface area contributed by atoms with Crippen LogP contribution in [0.1, 0.15) is 25.1 Å². The number of hydrogen-bond acceptors (Lipinski definition) is 7. The summed E-state index contributed by atoms with van der Waals surface area (Å²) < 4.78 is 52.2. The third-order valence-corrected chi connectivity index (χ3v) is 4.05.